The molecule has 2 heterocycles. The molecule has 2 aromatic rings. The van der Waals surface area contributed by atoms with Gasteiger partial charge in [0.25, 0.3) is 0 Å². The minimum atomic E-state index is -0.268. The van der Waals surface area contributed by atoms with Crippen molar-refractivity contribution in [2.75, 3.05) is 0 Å². The van der Waals surface area contributed by atoms with Gasteiger partial charge in [-0.25, -0.2) is 9.97 Å². The lowest BCUT2D eigenvalue weighted by Gasteiger charge is -2.17. The number of carbonyl (C=O) groups excluding carboxylic acids is 1. The van der Waals surface area contributed by atoms with Crippen LogP contribution in [-0.4, -0.2) is 20.4 Å². The molecule has 0 saturated heterocycles. The van der Waals surface area contributed by atoms with Gasteiger partial charge in [0.1, 0.15) is 16.9 Å². The van der Waals surface area contributed by atoms with Gasteiger partial charge < -0.3 is 9.88 Å². The number of aromatic nitrogens is 3. The van der Waals surface area contributed by atoms with E-state index in [1.165, 1.54) is 0 Å². The summed E-state index contributed by atoms with van der Waals surface area (Å²) in [6.07, 6.45) is 4.53. The van der Waals surface area contributed by atoms with E-state index in [0.717, 1.165) is 22.9 Å². The molecule has 114 valence electrons. The van der Waals surface area contributed by atoms with Gasteiger partial charge >= 0.3 is 0 Å². The van der Waals surface area contributed by atoms with Crippen LogP contribution in [0, 0.1) is 0 Å². The third-order valence-electron chi connectivity index (χ3n) is 3.39. The molecule has 2 aromatic heterocycles. The van der Waals surface area contributed by atoms with E-state index < -0.39 is 0 Å². The molecule has 0 bridgehead atoms. The van der Waals surface area contributed by atoms with E-state index >= 15 is 0 Å². The fraction of sp³-hybridized carbons (Fsp3) is 0.533. The van der Waals surface area contributed by atoms with E-state index in [-0.39, 0.29) is 11.9 Å². The Labute approximate surface area is 129 Å². The molecule has 1 atom stereocenters. The predicted molar refractivity (Wildman–Crippen MR) is 84.4 cm³/mol. The number of hydrogen-bond acceptors (Lipinski definition) is 4. The molecule has 6 heteroatoms. The zero-order chi connectivity index (χ0) is 15.4. The number of nitrogens with zero attached hydrogens (tertiary/aromatic N) is 3. The van der Waals surface area contributed by atoms with Crippen molar-refractivity contribution in [3.63, 3.8) is 0 Å². The Morgan fingerprint density at radius 1 is 1.43 bits per heavy atom. The maximum atomic E-state index is 12.3. The van der Waals surface area contributed by atoms with Crippen LogP contribution in [0.4, 0.5) is 0 Å². The first-order valence-electron chi connectivity index (χ1n) is 7.26. The van der Waals surface area contributed by atoms with Gasteiger partial charge in [-0.15, -0.1) is 11.3 Å². The zero-order valence-corrected chi connectivity index (χ0v) is 13.8. The summed E-state index contributed by atoms with van der Waals surface area (Å²) >= 11 is 1.59. The Morgan fingerprint density at radius 2 is 2.19 bits per heavy atom. The van der Waals surface area contributed by atoms with Crippen LogP contribution in [0.3, 0.4) is 0 Å². The summed E-state index contributed by atoms with van der Waals surface area (Å²) in [6.45, 7) is 8.60. The lowest BCUT2D eigenvalue weighted by Crippen LogP contribution is -2.31. The first-order valence-corrected chi connectivity index (χ1v) is 8.14. The number of thiazole rings is 1. The van der Waals surface area contributed by atoms with Gasteiger partial charge in [-0.2, -0.15) is 0 Å². The maximum absolute atomic E-state index is 12.3. The van der Waals surface area contributed by atoms with Crippen LogP contribution < -0.4 is 5.32 Å². The Hall–Kier alpha value is -1.69. The SMILES string of the molecule is CCc1csc(CNC(=O)[C@H](C)n2ccnc2C(C)C)n1. The molecule has 21 heavy (non-hydrogen) atoms. The second-order valence-corrected chi connectivity index (χ2v) is 6.27. The van der Waals surface area contributed by atoms with Crippen molar-refractivity contribution in [2.24, 2.45) is 0 Å². The highest BCUT2D eigenvalue weighted by Gasteiger charge is 2.19. The van der Waals surface area contributed by atoms with E-state index in [9.17, 15) is 4.79 Å². The smallest absolute Gasteiger partial charge is 0.243 e. The van der Waals surface area contributed by atoms with Gasteiger partial charge in [-0.05, 0) is 13.3 Å². The van der Waals surface area contributed by atoms with Gasteiger partial charge in [-0.1, -0.05) is 20.8 Å². The van der Waals surface area contributed by atoms with Crippen LogP contribution >= 0.6 is 11.3 Å². The van der Waals surface area contributed by atoms with E-state index in [1.807, 2.05) is 23.1 Å². The maximum Gasteiger partial charge on any atom is 0.243 e. The minimum Gasteiger partial charge on any atom is -0.348 e. The van der Waals surface area contributed by atoms with Crippen molar-refractivity contribution in [1.82, 2.24) is 19.9 Å². The van der Waals surface area contributed by atoms with Gasteiger partial charge in [0.05, 0.1) is 12.2 Å². The molecule has 5 nitrogen and oxygen atoms in total. The van der Waals surface area contributed by atoms with Crippen molar-refractivity contribution in [1.29, 1.82) is 0 Å². The lowest BCUT2D eigenvalue weighted by atomic mass is 10.2. The Balaban J connectivity index is 1.97. The molecule has 0 saturated carbocycles. The average Bonchev–Trinajstić information content (AvgIpc) is 3.12. The van der Waals surface area contributed by atoms with Crippen molar-refractivity contribution in [3.05, 3.63) is 34.3 Å². The largest absolute Gasteiger partial charge is 0.348 e. The monoisotopic (exact) mass is 306 g/mol. The topological polar surface area (TPSA) is 59.8 Å². The Morgan fingerprint density at radius 3 is 2.81 bits per heavy atom. The van der Waals surface area contributed by atoms with Crippen LogP contribution in [0.25, 0.3) is 0 Å². The quantitative estimate of drug-likeness (QED) is 0.892. The van der Waals surface area contributed by atoms with Gasteiger partial charge in [-0.3, -0.25) is 4.79 Å². The highest BCUT2D eigenvalue weighted by Crippen LogP contribution is 2.17. The van der Waals surface area contributed by atoms with Crippen LogP contribution in [0.2, 0.25) is 0 Å². The molecule has 2 rings (SSSR count). The molecule has 0 aliphatic heterocycles. The predicted octanol–water partition coefficient (Wildman–Crippen LogP) is 2.90. The third kappa shape index (κ3) is 3.69. The van der Waals surface area contributed by atoms with Crippen LogP contribution in [-0.2, 0) is 17.8 Å². The summed E-state index contributed by atoms with van der Waals surface area (Å²) in [5.41, 5.74) is 1.08. The Kier molecular flexibility index (Phi) is 5.12. The first-order chi connectivity index (χ1) is 10.0. The molecule has 1 N–H and O–H groups in total. The van der Waals surface area contributed by atoms with E-state index in [4.69, 9.17) is 0 Å². The average molecular weight is 306 g/mol. The molecule has 0 spiro atoms. The third-order valence-corrected chi connectivity index (χ3v) is 4.28. The Bertz CT molecular complexity index is 602. The summed E-state index contributed by atoms with van der Waals surface area (Å²) < 4.78 is 1.93. The molecule has 0 fully saturated rings. The van der Waals surface area contributed by atoms with Crippen molar-refractivity contribution >= 4 is 17.2 Å². The molecule has 0 radical (unpaired) electrons. The summed E-state index contributed by atoms with van der Waals surface area (Å²) in [5.74, 6) is 1.21. The standard InChI is InChI=1S/C15H22N4OS/c1-5-12-9-21-13(18-12)8-17-15(20)11(4)19-7-6-16-14(19)10(2)3/h6-7,9-11H,5,8H2,1-4H3,(H,17,20)/t11-/m0/s1. The second kappa shape index (κ2) is 6.85. The van der Waals surface area contributed by atoms with Gasteiger partial charge in [0.15, 0.2) is 0 Å². The highest BCUT2D eigenvalue weighted by atomic mass is 32.1. The first kappa shape index (κ1) is 15.7. The number of carbonyl (C=O) groups is 1. The van der Waals surface area contributed by atoms with Crippen LogP contribution in [0.15, 0.2) is 17.8 Å². The fourth-order valence-electron chi connectivity index (χ4n) is 2.13. The molecule has 0 unspecified atom stereocenters. The van der Waals surface area contributed by atoms with Crippen molar-refractivity contribution in [2.45, 2.75) is 52.6 Å². The summed E-state index contributed by atoms with van der Waals surface area (Å²) in [7, 11) is 0. The minimum absolute atomic E-state index is 0.0110. The number of aryl methyl sites for hydroxylation is 1. The summed E-state index contributed by atoms with van der Waals surface area (Å²) in [4.78, 5) is 21.1. The lowest BCUT2D eigenvalue weighted by molar-refractivity contribution is -0.124. The van der Waals surface area contributed by atoms with E-state index in [0.29, 0.717) is 12.5 Å². The summed E-state index contributed by atoms with van der Waals surface area (Å²) in [6, 6.07) is -0.268. The number of imidazole rings is 1. The zero-order valence-electron chi connectivity index (χ0n) is 13.0. The van der Waals surface area contributed by atoms with Crippen LogP contribution in [0.5, 0.6) is 0 Å². The van der Waals surface area contributed by atoms with Gasteiger partial charge in [0, 0.05) is 23.7 Å². The molecular formula is C15H22N4OS. The van der Waals surface area contributed by atoms with E-state index in [2.05, 4.69) is 36.1 Å². The molecule has 0 aliphatic rings. The molecule has 0 aliphatic carbocycles. The van der Waals surface area contributed by atoms with Crippen molar-refractivity contribution < 1.29 is 4.79 Å². The molecule has 1 amide bonds. The number of nitrogens with one attached hydrogen (secondary N) is 1. The highest BCUT2D eigenvalue weighted by molar-refractivity contribution is 7.09. The second-order valence-electron chi connectivity index (χ2n) is 5.33. The molecule has 0 aromatic carbocycles. The van der Waals surface area contributed by atoms with Crippen molar-refractivity contribution in [3.8, 4) is 0 Å². The van der Waals surface area contributed by atoms with Gasteiger partial charge in [0.2, 0.25) is 5.91 Å². The number of amides is 1. The van der Waals surface area contributed by atoms with E-state index in [1.54, 1.807) is 17.5 Å². The van der Waals surface area contributed by atoms with Crippen LogP contribution in [0.1, 0.15) is 56.2 Å². The number of hydrogen-bond donors (Lipinski definition) is 1. The fourth-order valence-corrected chi connectivity index (χ4v) is 2.95. The summed E-state index contributed by atoms with van der Waals surface area (Å²) in [5, 5.41) is 5.94. The molecular weight excluding hydrogens is 284 g/mol. The normalized spacial score (nSPS) is 12.6. The number of rotatable bonds is 6.